The second-order valence-electron chi connectivity index (χ2n) is 2.07. The van der Waals surface area contributed by atoms with Crippen LogP contribution in [0.5, 0.6) is 0 Å². The molecule has 1 aromatic heterocycles. The van der Waals surface area contributed by atoms with Crippen molar-refractivity contribution in [2.75, 3.05) is 7.11 Å². The third-order valence-corrected chi connectivity index (χ3v) is 1.33. The zero-order valence-electron chi connectivity index (χ0n) is 6.57. The van der Waals surface area contributed by atoms with Crippen LogP contribution in [0.1, 0.15) is 16.1 Å². The van der Waals surface area contributed by atoms with Gasteiger partial charge in [0.1, 0.15) is 5.69 Å². The SMILES string of the molecule is C#Cc1cc(C(=O)OC)ccn1. The van der Waals surface area contributed by atoms with Crippen molar-refractivity contribution < 1.29 is 9.53 Å². The number of terminal acetylenes is 1. The molecule has 0 amide bonds. The Balaban J connectivity index is 3.04. The quantitative estimate of drug-likeness (QED) is 0.452. The minimum atomic E-state index is -0.408. The van der Waals surface area contributed by atoms with Crippen LogP contribution in [-0.4, -0.2) is 18.1 Å². The molecule has 0 N–H and O–H groups in total. The highest BCUT2D eigenvalue weighted by molar-refractivity contribution is 5.89. The third-order valence-electron chi connectivity index (χ3n) is 1.33. The van der Waals surface area contributed by atoms with Gasteiger partial charge in [0, 0.05) is 6.20 Å². The lowest BCUT2D eigenvalue weighted by Crippen LogP contribution is -2.01. The molecule has 0 fully saturated rings. The number of esters is 1. The number of methoxy groups -OCH3 is 1. The molecule has 3 nitrogen and oxygen atoms in total. The number of aromatic nitrogens is 1. The first kappa shape index (κ1) is 8.28. The van der Waals surface area contributed by atoms with Gasteiger partial charge in [-0.15, -0.1) is 6.42 Å². The minimum Gasteiger partial charge on any atom is -0.465 e. The Morgan fingerprint density at radius 3 is 3.08 bits per heavy atom. The summed E-state index contributed by atoms with van der Waals surface area (Å²) in [5.74, 6) is 1.92. The maximum atomic E-state index is 11.0. The fourth-order valence-electron chi connectivity index (χ4n) is 0.754. The number of hydrogen-bond donors (Lipinski definition) is 0. The average Bonchev–Trinajstić information content (AvgIpc) is 2.17. The molecule has 0 unspecified atom stereocenters. The van der Waals surface area contributed by atoms with Gasteiger partial charge < -0.3 is 4.74 Å². The van der Waals surface area contributed by atoms with Crippen molar-refractivity contribution in [3.05, 3.63) is 29.6 Å². The largest absolute Gasteiger partial charge is 0.465 e. The Morgan fingerprint density at radius 2 is 2.50 bits per heavy atom. The Morgan fingerprint density at radius 1 is 1.75 bits per heavy atom. The molecular weight excluding hydrogens is 154 g/mol. The first-order valence-corrected chi connectivity index (χ1v) is 3.29. The van der Waals surface area contributed by atoms with E-state index in [9.17, 15) is 4.79 Å². The van der Waals surface area contributed by atoms with E-state index >= 15 is 0 Å². The minimum absolute atomic E-state index is 0.408. The molecule has 12 heavy (non-hydrogen) atoms. The fourth-order valence-corrected chi connectivity index (χ4v) is 0.754. The Hall–Kier alpha value is -1.82. The summed E-state index contributed by atoms with van der Waals surface area (Å²) in [5, 5.41) is 0. The van der Waals surface area contributed by atoms with Gasteiger partial charge in [0.15, 0.2) is 0 Å². The average molecular weight is 161 g/mol. The van der Waals surface area contributed by atoms with Gasteiger partial charge in [-0.05, 0) is 12.1 Å². The molecule has 1 rings (SSSR count). The van der Waals surface area contributed by atoms with Crippen LogP contribution in [0.4, 0.5) is 0 Å². The Bertz CT molecular complexity index is 339. The molecule has 0 bridgehead atoms. The van der Waals surface area contributed by atoms with Crippen molar-refractivity contribution in [2.45, 2.75) is 0 Å². The number of carbonyl (C=O) groups excluding carboxylic acids is 1. The maximum absolute atomic E-state index is 11.0. The molecule has 0 aliphatic carbocycles. The molecule has 1 heterocycles. The lowest BCUT2D eigenvalue weighted by atomic mass is 10.2. The van der Waals surface area contributed by atoms with Crippen molar-refractivity contribution in [2.24, 2.45) is 0 Å². The van der Waals surface area contributed by atoms with Crippen LogP contribution in [0.15, 0.2) is 18.3 Å². The molecule has 0 saturated carbocycles. The second-order valence-corrected chi connectivity index (χ2v) is 2.07. The van der Waals surface area contributed by atoms with Crippen molar-refractivity contribution >= 4 is 5.97 Å². The highest BCUT2D eigenvalue weighted by Crippen LogP contribution is 2.01. The maximum Gasteiger partial charge on any atom is 0.338 e. The predicted octanol–water partition coefficient (Wildman–Crippen LogP) is 0.849. The van der Waals surface area contributed by atoms with Gasteiger partial charge in [-0.3, -0.25) is 0 Å². The van der Waals surface area contributed by atoms with E-state index in [0.717, 1.165) is 0 Å². The van der Waals surface area contributed by atoms with Gasteiger partial charge in [-0.2, -0.15) is 0 Å². The standard InChI is InChI=1S/C9H7NO2/c1-3-8-6-7(4-5-10-8)9(11)12-2/h1,4-6H,2H3. The van der Waals surface area contributed by atoms with Crippen LogP contribution < -0.4 is 0 Å². The molecule has 1 aromatic rings. The molecule has 0 aromatic carbocycles. The molecule has 0 aliphatic heterocycles. The first-order valence-electron chi connectivity index (χ1n) is 3.29. The van der Waals surface area contributed by atoms with E-state index in [-0.39, 0.29) is 0 Å². The predicted molar refractivity (Wildman–Crippen MR) is 43.5 cm³/mol. The van der Waals surface area contributed by atoms with E-state index in [1.807, 2.05) is 0 Å². The summed E-state index contributed by atoms with van der Waals surface area (Å²) in [7, 11) is 1.32. The van der Waals surface area contributed by atoms with Crippen molar-refractivity contribution in [3.63, 3.8) is 0 Å². The number of rotatable bonds is 1. The number of hydrogen-bond acceptors (Lipinski definition) is 3. The van der Waals surface area contributed by atoms with E-state index < -0.39 is 5.97 Å². The highest BCUT2D eigenvalue weighted by Gasteiger charge is 2.04. The van der Waals surface area contributed by atoms with Crippen LogP contribution in [-0.2, 0) is 4.74 Å². The normalized spacial score (nSPS) is 8.67. The van der Waals surface area contributed by atoms with Crippen LogP contribution >= 0.6 is 0 Å². The third kappa shape index (κ3) is 1.61. The highest BCUT2D eigenvalue weighted by atomic mass is 16.5. The molecule has 0 radical (unpaired) electrons. The summed E-state index contributed by atoms with van der Waals surface area (Å²) in [4.78, 5) is 14.8. The number of carbonyl (C=O) groups is 1. The van der Waals surface area contributed by atoms with Gasteiger partial charge in [-0.25, -0.2) is 9.78 Å². The van der Waals surface area contributed by atoms with Gasteiger partial charge in [0.2, 0.25) is 0 Å². The molecule has 60 valence electrons. The van der Waals surface area contributed by atoms with Crippen LogP contribution in [0.3, 0.4) is 0 Å². The zero-order valence-corrected chi connectivity index (χ0v) is 6.57. The Kier molecular flexibility index (Phi) is 2.44. The smallest absolute Gasteiger partial charge is 0.338 e. The first-order chi connectivity index (χ1) is 5.77. The summed E-state index contributed by atoms with van der Waals surface area (Å²) in [6.07, 6.45) is 6.57. The molecule has 3 heteroatoms. The zero-order chi connectivity index (χ0) is 8.97. The fraction of sp³-hybridized carbons (Fsp3) is 0.111. The summed E-state index contributed by atoms with van der Waals surface area (Å²) >= 11 is 0. The van der Waals surface area contributed by atoms with Gasteiger partial charge >= 0.3 is 5.97 Å². The molecular formula is C9H7NO2. The van der Waals surface area contributed by atoms with Crippen molar-refractivity contribution in [1.29, 1.82) is 0 Å². The van der Waals surface area contributed by atoms with Gasteiger partial charge in [-0.1, -0.05) is 5.92 Å². The monoisotopic (exact) mass is 161 g/mol. The molecule has 0 aliphatic rings. The van der Waals surface area contributed by atoms with Crippen molar-refractivity contribution in [3.8, 4) is 12.3 Å². The second kappa shape index (κ2) is 3.54. The van der Waals surface area contributed by atoms with Crippen molar-refractivity contribution in [1.82, 2.24) is 4.98 Å². The van der Waals surface area contributed by atoms with E-state index in [1.54, 1.807) is 6.07 Å². The summed E-state index contributed by atoms with van der Waals surface area (Å²) < 4.78 is 4.50. The molecule has 0 spiro atoms. The number of pyridine rings is 1. The van der Waals surface area contributed by atoms with E-state index in [0.29, 0.717) is 11.3 Å². The number of nitrogens with zero attached hydrogens (tertiary/aromatic N) is 1. The lowest BCUT2D eigenvalue weighted by molar-refractivity contribution is 0.0600. The Labute approximate surface area is 70.4 Å². The van der Waals surface area contributed by atoms with E-state index in [4.69, 9.17) is 6.42 Å². The number of ether oxygens (including phenoxy) is 1. The molecule has 0 atom stereocenters. The van der Waals surface area contributed by atoms with Crippen LogP contribution in [0.25, 0.3) is 0 Å². The topological polar surface area (TPSA) is 39.2 Å². The lowest BCUT2D eigenvalue weighted by Gasteiger charge is -1.97. The summed E-state index contributed by atoms with van der Waals surface area (Å²) in [6.45, 7) is 0. The van der Waals surface area contributed by atoms with Gasteiger partial charge in [0.25, 0.3) is 0 Å². The van der Waals surface area contributed by atoms with Crippen LogP contribution in [0, 0.1) is 12.3 Å². The van der Waals surface area contributed by atoms with Crippen LogP contribution in [0.2, 0.25) is 0 Å². The summed E-state index contributed by atoms with van der Waals surface area (Å²) in [6, 6.07) is 3.05. The summed E-state index contributed by atoms with van der Waals surface area (Å²) in [5.41, 5.74) is 0.846. The van der Waals surface area contributed by atoms with Gasteiger partial charge in [0.05, 0.1) is 12.7 Å². The van der Waals surface area contributed by atoms with E-state index in [1.165, 1.54) is 19.4 Å². The van der Waals surface area contributed by atoms with E-state index in [2.05, 4.69) is 15.6 Å². The molecule has 0 saturated heterocycles.